The summed E-state index contributed by atoms with van der Waals surface area (Å²) in [6, 6.07) is 0. The molecular formula is C15H20ClNO3S. The lowest BCUT2D eigenvalue weighted by Gasteiger charge is -2.18. The molecule has 0 radical (unpaired) electrons. The number of alkyl halides is 1. The van der Waals surface area contributed by atoms with Crippen molar-refractivity contribution in [3.8, 4) is 0 Å². The molecular weight excluding hydrogens is 310 g/mol. The maximum atomic E-state index is 12.2. The van der Waals surface area contributed by atoms with Gasteiger partial charge in [-0.25, -0.2) is 4.79 Å². The fourth-order valence-corrected chi connectivity index (χ4v) is 3.93. The topological polar surface area (TPSA) is 55.4 Å². The fourth-order valence-electron chi connectivity index (χ4n) is 2.47. The molecule has 2 rings (SSSR count). The van der Waals surface area contributed by atoms with Gasteiger partial charge in [0.1, 0.15) is 10.4 Å². The lowest BCUT2D eigenvalue weighted by Crippen LogP contribution is -2.21. The van der Waals surface area contributed by atoms with Crippen molar-refractivity contribution in [1.29, 1.82) is 0 Å². The van der Waals surface area contributed by atoms with E-state index < -0.39 is 5.38 Å². The number of fused-ring (bicyclic) bond motifs is 1. The van der Waals surface area contributed by atoms with Crippen LogP contribution in [0, 0.1) is 5.92 Å². The summed E-state index contributed by atoms with van der Waals surface area (Å²) >= 11 is 7.27. The number of anilines is 1. The van der Waals surface area contributed by atoms with Gasteiger partial charge in [0.15, 0.2) is 0 Å². The van der Waals surface area contributed by atoms with Crippen LogP contribution >= 0.6 is 22.9 Å². The fraction of sp³-hybridized carbons (Fsp3) is 0.600. The van der Waals surface area contributed by atoms with E-state index in [1.807, 2.05) is 0 Å². The Labute approximate surface area is 133 Å². The predicted octanol–water partition coefficient (Wildman–Crippen LogP) is 3.62. The molecule has 1 N–H and O–H groups in total. The van der Waals surface area contributed by atoms with Crippen molar-refractivity contribution in [3.63, 3.8) is 0 Å². The number of rotatable bonds is 4. The lowest BCUT2D eigenvalue weighted by molar-refractivity contribution is -0.115. The molecule has 0 saturated heterocycles. The Morgan fingerprint density at radius 1 is 1.52 bits per heavy atom. The largest absolute Gasteiger partial charge is 0.462 e. The molecule has 1 aliphatic rings. The van der Waals surface area contributed by atoms with Crippen LogP contribution in [-0.4, -0.2) is 23.9 Å². The maximum absolute atomic E-state index is 12.2. The van der Waals surface area contributed by atoms with Gasteiger partial charge in [-0.15, -0.1) is 22.9 Å². The second-order valence-electron chi connectivity index (χ2n) is 5.38. The summed E-state index contributed by atoms with van der Waals surface area (Å²) in [5.41, 5.74) is 1.56. The molecule has 1 heterocycles. The van der Waals surface area contributed by atoms with Crippen molar-refractivity contribution in [1.82, 2.24) is 0 Å². The van der Waals surface area contributed by atoms with Gasteiger partial charge in [0.25, 0.3) is 0 Å². The molecule has 1 aromatic rings. The van der Waals surface area contributed by atoms with E-state index in [-0.39, 0.29) is 11.9 Å². The van der Waals surface area contributed by atoms with Crippen LogP contribution in [0.3, 0.4) is 0 Å². The normalized spacial score (nSPS) is 18.8. The summed E-state index contributed by atoms with van der Waals surface area (Å²) < 4.78 is 5.15. The Balaban J connectivity index is 2.38. The molecule has 0 aliphatic heterocycles. The molecule has 1 aromatic heterocycles. The highest BCUT2D eigenvalue weighted by molar-refractivity contribution is 7.17. The molecule has 4 nitrogen and oxygen atoms in total. The van der Waals surface area contributed by atoms with Gasteiger partial charge in [-0.1, -0.05) is 6.92 Å². The summed E-state index contributed by atoms with van der Waals surface area (Å²) in [7, 11) is 0. The van der Waals surface area contributed by atoms with Crippen LogP contribution < -0.4 is 5.32 Å². The first-order valence-electron chi connectivity index (χ1n) is 7.20. The Kier molecular flexibility index (Phi) is 5.27. The lowest BCUT2D eigenvalue weighted by atomic mass is 9.88. The molecule has 116 valence electrons. The third kappa shape index (κ3) is 3.58. The zero-order chi connectivity index (χ0) is 15.6. The highest BCUT2D eigenvalue weighted by Crippen LogP contribution is 2.40. The van der Waals surface area contributed by atoms with E-state index in [0.717, 1.165) is 24.8 Å². The van der Waals surface area contributed by atoms with Crippen molar-refractivity contribution in [2.45, 2.75) is 45.4 Å². The van der Waals surface area contributed by atoms with E-state index in [4.69, 9.17) is 16.3 Å². The van der Waals surface area contributed by atoms with Crippen molar-refractivity contribution in [3.05, 3.63) is 16.0 Å². The zero-order valence-electron chi connectivity index (χ0n) is 12.5. The van der Waals surface area contributed by atoms with Crippen LogP contribution in [-0.2, 0) is 22.4 Å². The number of thiophene rings is 1. The van der Waals surface area contributed by atoms with Crippen LogP contribution in [0.5, 0.6) is 0 Å². The van der Waals surface area contributed by atoms with Crippen LogP contribution in [0.2, 0.25) is 0 Å². The number of hydrogen-bond donors (Lipinski definition) is 1. The van der Waals surface area contributed by atoms with Crippen LogP contribution in [0.15, 0.2) is 0 Å². The van der Waals surface area contributed by atoms with Gasteiger partial charge in [0.2, 0.25) is 5.91 Å². The van der Waals surface area contributed by atoms with Crippen molar-refractivity contribution >= 4 is 39.8 Å². The third-order valence-corrected chi connectivity index (χ3v) is 4.96. The van der Waals surface area contributed by atoms with Gasteiger partial charge in [-0.3, -0.25) is 4.79 Å². The summed E-state index contributed by atoms with van der Waals surface area (Å²) in [6.07, 6.45) is 2.85. The van der Waals surface area contributed by atoms with Crippen molar-refractivity contribution in [2.75, 3.05) is 11.9 Å². The molecule has 21 heavy (non-hydrogen) atoms. The van der Waals surface area contributed by atoms with Crippen molar-refractivity contribution in [2.24, 2.45) is 5.92 Å². The molecule has 0 spiro atoms. The average Bonchev–Trinajstić information content (AvgIpc) is 2.75. The highest BCUT2D eigenvalue weighted by atomic mass is 35.5. The van der Waals surface area contributed by atoms with Gasteiger partial charge in [-0.05, 0) is 44.6 Å². The zero-order valence-corrected chi connectivity index (χ0v) is 14.1. The number of amides is 1. The third-order valence-electron chi connectivity index (χ3n) is 3.59. The summed E-state index contributed by atoms with van der Waals surface area (Å²) in [6.45, 7) is 5.90. The molecule has 0 fully saturated rings. The number of hydrogen-bond acceptors (Lipinski definition) is 4. The Hall–Kier alpha value is -1.07. The molecule has 1 amide bonds. The number of carbonyl (C=O) groups is 2. The van der Waals surface area contributed by atoms with Crippen molar-refractivity contribution < 1.29 is 14.3 Å². The summed E-state index contributed by atoms with van der Waals surface area (Å²) in [5, 5.41) is 2.70. The number of carbonyl (C=O) groups excluding carboxylic acids is 2. The Bertz CT molecular complexity index is 553. The van der Waals surface area contributed by atoms with E-state index in [0.29, 0.717) is 23.1 Å². The van der Waals surface area contributed by atoms with E-state index >= 15 is 0 Å². The Morgan fingerprint density at radius 2 is 2.24 bits per heavy atom. The molecule has 0 saturated carbocycles. The first-order chi connectivity index (χ1) is 9.93. The number of nitrogens with one attached hydrogen (secondary N) is 1. The van der Waals surface area contributed by atoms with Gasteiger partial charge in [-0.2, -0.15) is 0 Å². The minimum Gasteiger partial charge on any atom is -0.462 e. The van der Waals surface area contributed by atoms with E-state index in [2.05, 4.69) is 12.2 Å². The van der Waals surface area contributed by atoms with Gasteiger partial charge in [0, 0.05) is 4.88 Å². The predicted molar refractivity (Wildman–Crippen MR) is 85.4 cm³/mol. The molecule has 1 aliphatic carbocycles. The van der Waals surface area contributed by atoms with E-state index in [1.165, 1.54) is 16.2 Å². The SMILES string of the molecule is CCOC(=O)c1c(NC(=O)[C@@H](C)Cl)sc2c1CC[C@@H](C)C2. The van der Waals surface area contributed by atoms with Crippen LogP contribution in [0.25, 0.3) is 0 Å². The minimum absolute atomic E-state index is 0.297. The van der Waals surface area contributed by atoms with Crippen LogP contribution in [0.1, 0.15) is 48.0 Å². The maximum Gasteiger partial charge on any atom is 0.341 e. The Morgan fingerprint density at radius 3 is 2.86 bits per heavy atom. The second-order valence-corrected chi connectivity index (χ2v) is 7.14. The summed E-state index contributed by atoms with van der Waals surface area (Å²) in [4.78, 5) is 25.2. The van der Waals surface area contributed by atoms with E-state index in [9.17, 15) is 9.59 Å². The van der Waals surface area contributed by atoms with Crippen LogP contribution in [0.4, 0.5) is 5.00 Å². The quantitative estimate of drug-likeness (QED) is 0.678. The molecule has 0 unspecified atom stereocenters. The smallest absolute Gasteiger partial charge is 0.341 e. The number of esters is 1. The monoisotopic (exact) mass is 329 g/mol. The number of halogens is 1. The van der Waals surface area contributed by atoms with Gasteiger partial charge < -0.3 is 10.1 Å². The first-order valence-corrected chi connectivity index (χ1v) is 8.45. The first kappa shape index (κ1) is 16.3. The van der Waals surface area contributed by atoms with E-state index in [1.54, 1.807) is 13.8 Å². The molecule has 0 bridgehead atoms. The summed E-state index contributed by atoms with van der Waals surface area (Å²) in [5.74, 6) is -0.0577. The second kappa shape index (κ2) is 6.79. The van der Waals surface area contributed by atoms with Gasteiger partial charge in [0.05, 0.1) is 12.2 Å². The number of ether oxygens (including phenoxy) is 1. The molecule has 0 aromatic carbocycles. The average molecular weight is 330 g/mol. The van der Waals surface area contributed by atoms with Gasteiger partial charge >= 0.3 is 5.97 Å². The molecule has 2 atom stereocenters. The molecule has 6 heteroatoms. The highest BCUT2D eigenvalue weighted by Gasteiger charge is 2.29. The minimum atomic E-state index is -0.641. The standard InChI is InChI=1S/C15H20ClNO3S/c1-4-20-15(19)12-10-6-5-8(2)7-11(10)21-14(12)17-13(18)9(3)16/h8-9H,4-7H2,1-3H3,(H,17,18)/t8-,9-/m1/s1.